The first-order valence-corrected chi connectivity index (χ1v) is 6.09. The molecular weight excluding hydrogens is 283 g/mol. The van der Waals surface area contributed by atoms with Crippen LogP contribution >= 0.6 is 11.6 Å². The summed E-state index contributed by atoms with van der Waals surface area (Å²) in [5, 5.41) is 2.97. The lowest BCUT2D eigenvalue weighted by atomic mass is 10.1. The van der Waals surface area contributed by atoms with Crippen molar-refractivity contribution in [2.24, 2.45) is 0 Å². The number of anilines is 2. The van der Waals surface area contributed by atoms with Crippen LogP contribution in [-0.4, -0.2) is 13.0 Å². The van der Waals surface area contributed by atoms with Gasteiger partial charge in [0, 0.05) is 11.8 Å². The first-order valence-electron chi connectivity index (χ1n) is 5.71. The molecule has 4 nitrogen and oxygen atoms in total. The summed E-state index contributed by atoms with van der Waals surface area (Å²) in [6.45, 7) is 0. The molecule has 0 radical (unpaired) electrons. The van der Waals surface area contributed by atoms with Crippen LogP contribution in [0.1, 0.15) is 10.4 Å². The summed E-state index contributed by atoms with van der Waals surface area (Å²) in [6.07, 6.45) is 0. The zero-order valence-electron chi connectivity index (χ0n) is 10.6. The Morgan fingerprint density at radius 2 is 2.05 bits per heavy atom. The van der Waals surface area contributed by atoms with E-state index in [4.69, 9.17) is 22.1 Å². The second-order valence-corrected chi connectivity index (χ2v) is 4.44. The van der Waals surface area contributed by atoms with Gasteiger partial charge >= 0.3 is 0 Å². The molecule has 0 saturated heterocycles. The minimum Gasteiger partial charge on any atom is -0.497 e. The van der Waals surface area contributed by atoms with Crippen LogP contribution in [0.25, 0.3) is 0 Å². The van der Waals surface area contributed by atoms with Crippen molar-refractivity contribution >= 4 is 28.9 Å². The van der Waals surface area contributed by atoms with E-state index in [2.05, 4.69) is 5.32 Å². The number of nitrogens with two attached hydrogens (primary N) is 1. The van der Waals surface area contributed by atoms with E-state index in [1.807, 2.05) is 0 Å². The van der Waals surface area contributed by atoms with Crippen LogP contribution in [0, 0.1) is 5.82 Å². The van der Waals surface area contributed by atoms with Crippen LogP contribution in [0.4, 0.5) is 15.8 Å². The average Bonchev–Trinajstić information content (AvgIpc) is 2.41. The number of amides is 1. The Morgan fingerprint density at radius 1 is 1.30 bits per heavy atom. The molecule has 0 saturated carbocycles. The molecule has 3 N–H and O–H groups in total. The first-order chi connectivity index (χ1) is 9.51. The van der Waals surface area contributed by atoms with E-state index in [-0.39, 0.29) is 11.3 Å². The fraction of sp³-hybridized carbons (Fsp3) is 0.0714. The predicted octanol–water partition coefficient (Wildman–Crippen LogP) is 3.32. The molecule has 20 heavy (non-hydrogen) atoms. The first kappa shape index (κ1) is 14.1. The van der Waals surface area contributed by atoms with E-state index in [9.17, 15) is 9.18 Å². The molecule has 2 rings (SSSR count). The molecule has 6 heteroatoms. The lowest BCUT2D eigenvalue weighted by Crippen LogP contribution is -2.14. The van der Waals surface area contributed by atoms with Gasteiger partial charge in [0.2, 0.25) is 0 Å². The number of benzene rings is 2. The lowest BCUT2D eigenvalue weighted by Gasteiger charge is -2.10. The second-order valence-electron chi connectivity index (χ2n) is 4.03. The highest BCUT2D eigenvalue weighted by Gasteiger charge is 2.12. The summed E-state index contributed by atoms with van der Waals surface area (Å²) in [4.78, 5) is 12.1. The van der Waals surface area contributed by atoms with Crippen LogP contribution < -0.4 is 15.8 Å². The number of rotatable bonds is 3. The van der Waals surface area contributed by atoms with Crippen molar-refractivity contribution in [1.82, 2.24) is 0 Å². The van der Waals surface area contributed by atoms with Gasteiger partial charge in [-0.25, -0.2) is 4.39 Å². The quantitative estimate of drug-likeness (QED) is 0.854. The van der Waals surface area contributed by atoms with E-state index < -0.39 is 11.7 Å². The molecule has 1 amide bonds. The van der Waals surface area contributed by atoms with Crippen molar-refractivity contribution in [3.8, 4) is 5.75 Å². The predicted molar refractivity (Wildman–Crippen MR) is 76.8 cm³/mol. The van der Waals surface area contributed by atoms with Crippen molar-refractivity contribution < 1.29 is 13.9 Å². The van der Waals surface area contributed by atoms with E-state index in [0.29, 0.717) is 16.5 Å². The van der Waals surface area contributed by atoms with Crippen molar-refractivity contribution in [3.63, 3.8) is 0 Å². The minimum atomic E-state index is -0.501. The fourth-order valence-electron chi connectivity index (χ4n) is 1.66. The lowest BCUT2D eigenvalue weighted by molar-refractivity contribution is 0.102. The number of ether oxygens (including phenoxy) is 1. The second kappa shape index (κ2) is 5.79. The number of halogens is 2. The Morgan fingerprint density at radius 3 is 2.70 bits per heavy atom. The van der Waals surface area contributed by atoms with Crippen molar-refractivity contribution in [2.45, 2.75) is 0 Å². The molecular formula is C14H12ClFN2O2. The summed E-state index contributed by atoms with van der Waals surface area (Å²) in [5.74, 6) is -0.423. The van der Waals surface area contributed by atoms with Crippen LogP contribution in [0.15, 0.2) is 36.4 Å². The summed E-state index contributed by atoms with van der Waals surface area (Å²) in [7, 11) is 1.51. The molecule has 0 spiro atoms. The standard InChI is InChI=1S/C14H12ClFN2O2/c1-20-9-3-5-11(15)13(7-9)18-14(19)10-4-2-8(16)6-12(10)17/h2-7H,17H2,1H3,(H,18,19). The van der Waals surface area contributed by atoms with Crippen molar-refractivity contribution in [2.75, 3.05) is 18.2 Å². The minimum absolute atomic E-state index is 0.0570. The highest BCUT2D eigenvalue weighted by atomic mass is 35.5. The molecule has 0 fully saturated rings. The van der Waals surface area contributed by atoms with Crippen LogP contribution in [0.3, 0.4) is 0 Å². The molecule has 2 aromatic rings. The van der Waals surface area contributed by atoms with Gasteiger partial charge in [0.25, 0.3) is 5.91 Å². The molecule has 104 valence electrons. The van der Waals surface area contributed by atoms with E-state index in [1.165, 1.54) is 19.2 Å². The Kier molecular flexibility index (Phi) is 4.10. The maximum absolute atomic E-state index is 13.0. The summed E-state index contributed by atoms with van der Waals surface area (Å²) < 4.78 is 18.0. The monoisotopic (exact) mass is 294 g/mol. The van der Waals surface area contributed by atoms with Gasteiger partial charge in [0.15, 0.2) is 0 Å². The Labute approximate surface area is 120 Å². The number of hydrogen-bond donors (Lipinski definition) is 2. The molecule has 2 aromatic carbocycles. The third-order valence-electron chi connectivity index (χ3n) is 2.68. The van der Waals surface area contributed by atoms with Gasteiger partial charge < -0.3 is 15.8 Å². The van der Waals surface area contributed by atoms with Gasteiger partial charge in [0.05, 0.1) is 23.4 Å². The summed E-state index contributed by atoms with van der Waals surface area (Å²) in [6, 6.07) is 8.42. The zero-order valence-corrected chi connectivity index (χ0v) is 11.4. The highest BCUT2D eigenvalue weighted by Crippen LogP contribution is 2.27. The number of carbonyl (C=O) groups is 1. The van der Waals surface area contributed by atoms with Gasteiger partial charge in [-0.15, -0.1) is 0 Å². The molecule has 0 aliphatic carbocycles. The van der Waals surface area contributed by atoms with E-state index in [0.717, 1.165) is 6.07 Å². The van der Waals surface area contributed by atoms with E-state index in [1.54, 1.807) is 18.2 Å². The summed E-state index contributed by atoms with van der Waals surface area (Å²) in [5.41, 5.74) is 6.23. The maximum atomic E-state index is 13.0. The van der Waals surface area contributed by atoms with Crippen LogP contribution in [0.2, 0.25) is 5.02 Å². The van der Waals surface area contributed by atoms with Gasteiger partial charge in [-0.2, -0.15) is 0 Å². The third-order valence-corrected chi connectivity index (χ3v) is 3.01. The van der Waals surface area contributed by atoms with Gasteiger partial charge in [0.1, 0.15) is 11.6 Å². The van der Waals surface area contributed by atoms with Gasteiger partial charge in [-0.1, -0.05) is 11.6 Å². The zero-order chi connectivity index (χ0) is 14.7. The third kappa shape index (κ3) is 3.00. The van der Waals surface area contributed by atoms with Crippen LogP contribution in [0.5, 0.6) is 5.75 Å². The topological polar surface area (TPSA) is 64.3 Å². The number of carbonyl (C=O) groups excluding carboxylic acids is 1. The largest absolute Gasteiger partial charge is 0.497 e. The summed E-state index contributed by atoms with van der Waals surface area (Å²) >= 11 is 5.99. The number of methoxy groups -OCH3 is 1. The Hall–Kier alpha value is -2.27. The molecule has 0 bridgehead atoms. The van der Waals surface area contributed by atoms with Crippen LogP contribution in [-0.2, 0) is 0 Å². The Balaban J connectivity index is 2.27. The molecule has 0 unspecified atom stereocenters. The average molecular weight is 295 g/mol. The van der Waals surface area contributed by atoms with Gasteiger partial charge in [-0.05, 0) is 30.3 Å². The molecule has 0 atom stereocenters. The normalized spacial score (nSPS) is 10.2. The van der Waals surface area contributed by atoms with Gasteiger partial charge in [-0.3, -0.25) is 4.79 Å². The highest BCUT2D eigenvalue weighted by molar-refractivity contribution is 6.34. The molecule has 0 aromatic heterocycles. The number of nitrogens with one attached hydrogen (secondary N) is 1. The SMILES string of the molecule is COc1ccc(Cl)c(NC(=O)c2ccc(F)cc2N)c1. The number of hydrogen-bond acceptors (Lipinski definition) is 3. The number of nitrogen functional groups attached to an aromatic ring is 1. The van der Waals surface area contributed by atoms with Crippen molar-refractivity contribution in [1.29, 1.82) is 0 Å². The van der Waals surface area contributed by atoms with Crippen molar-refractivity contribution in [3.05, 3.63) is 52.8 Å². The Bertz CT molecular complexity index is 662. The fourth-order valence-corrected chi connectivity index (χ4v) is 1.82. The molecule has 0 aliphatic heterocycles. The molecule has 0 heterocycles. The van der Waals surface area contributed by atoms with E-state index >= 15 is 0 Å². The maximum Gasteiger partial charge on any atom is 0.257 e. The smallest absolute Gasteiger partial charge is 0.257 e. The molecule has 0 aliphatic rings.